The predicted molar refractivity (Wildman–Crippen MR) is 206 cm³/mol. The largest absolute Gasteiger partial charge is 2.00 e. The van der Waals surface area contributed by atoms with Gasteiger partial charge in [0.05, 0.1) is 5.69 Å². The summed E-state index contributed by atoms with van der Waals surface area (Å²) in [6.45, 7) is 11.3. The zero-order chi connectivity index (χ0) is 33.5. The van der Waals surface area contributed by atoms with Crippen molar-refractivity contribution in [2.75, 3.05) is 26.4 Å². The molecule has 0 spiro atoms. The van der Waals surface area contributed by atoms with Crippen LogP contribution in [0.1, 0.15) is 27.7 Å². The minimum atomic E-state index is 0. The van der Waals surface area contributed by atoms with E-state index in [0.717, 1.165) is 61.8 Å². The van der Waals surface area contributed by atoms with E-state index in [2.05, 4.69) is 47.9 Å². The second kappa shape index (κ2) is 36.2. The third-order valence-electron chi connectivity index (χ3n) is 4.69. The fourth-order valence-corrected chi connectivity index (χ4v) is 4.08. The Hall–Kier alpha value is -1.04. The van der Waals surface area contributed by atoms with Gasteiger partial charge in [-0.2, -0.15) is 41.9 Å². The van der Waals surface area contributed by atoms with E-state index in [1.807, 2.05) is 131 Å². The molecule has 11 heteroatoms. The van der Waals surface area contributed by atoms with E-state index in [1.54, 1.807) is 18.5 Å². The molecular weight excluding hydrogens is 863 g/mol. The number of hydrogen-bond acceptors (Lipinski definition) is 4. The van der Waals surface area contributed by atoms with E-state index in [4.69, 9.17) is 44.3 Å². The first-order valence-electron chi connectivity index (χ1n) is 14.2. The number of ether oxygens (including phenoxy) is 2. The van der Waals surface area contributed by atoms with Crippen molar-refractivity contribution < 1.29 is 26.5 Å². The zero-order valence-electron chi connectivity index (χ0n) is 27.1. The summed E-state index contributed by atoms with van der Waals surface area (Å²) in [7, 11) is 0. The van der Waals surface area contributed by atoms with Crippen LogP contribution < -0.4 is 17.0 Å². The van der Waals surface area contributed by atoms with Crippen molar-refractivity contribution in [3.63, 3.8) is 0 Å². The second-order valence-corrected chi connectivity index (χ2v) is 11.1. The minimum Gasteiger partial charge on any atom is -1.00 e. The van der Waals surface area contributed by atoms with Gasteiger partial charge in [0.25, 0.3) is 0 Å². The van der Waals surface area contributed by atoms with Crippen LogP contribution in [0.3, 0.4) is 0 Å². The number of rotatable bonds is 5. The maximum Gasteiger partial charge on any atom is 2.00 e. The first kappa shape index (κ1) is 50.3. The zero-order valence-corrected chi connectivity index (χ0v) is 35.5. The molecule has 2 heterocycles. The number of pyridine rings is 2. The molecule has 0 fully saturated rings. The normalized spacial score (nSPS) is 8.70. The van der Waals surface area contributed by atoms with Crippen LogP contribution in [-0.2, 0) is 9.47 Å². The molecule has 47 heavy (non-hydrogen) atoms. The molecule has 0 aliphatic rings. The first-order chi connectivity index (χ1) is 21.8. The van der Waals surface area contributed by atoms with Gasteiger partial charge in [-0.3, -0.25) is 4.98 Å². The van der Waals surface area contributed by atoms with E-state index < -0.39 is 0 Å². The Balaban J connectivity index is -0.000000509. The Morgan fingerprint density at radius 2 is 1.15 bits per heavy atom. The van der Waals surface area contributed by atoms with Gasteiger partial charge in [-0.25, -0.2) is 4.98 Å². The van der Waals surface area contributed by atoms with Gasteiger partial charge in [0, 0.05) is 58.9 Å². The molecule has 0 N–H and O–H groups in total. The third kappa shape index (κ3) is 31.9. The SMILES string of the molecule is Brc1ccccn1.CCOCC.CCOCC.Clc1c[c-]ccc1.Clc1cccc(-c2ccccn2)c1.Clc1cccc(Br)c1.[Br-].[Mg+2]. The maximum atomic E-state index is 5.87. The Kier molecular flexibility index (Phi) is 38.8. The molecule has 0 atom stereocenters. The van der Waals surface area contributed by atoms with Crippen LogP contribution in [0.15, 0.2) is 131 Å². The molecular formula is C36H40Br3Cl3MgN2O2. The number of hydrogen-bond donors (Lipinski definition) is 0. The number of benzene rings is 3. The van der Waals surface area contributed by atoms with Crippen molar-refractivity contribution >= 4 is 89.7 Å². The van der Waals surface area contributed by atoms with Gasteiger partial charge in [-0.15, -0.1) is 0 Å². The van der Waals surface area contributed by atoms with Crippen LogP contribution in [0.25, 0.3) is 11.3 Å². The molecule has 0 aliphatic carbocycles. The molecule has 5 rings (SSSR count). The third-order valence-corrected chi connectivity index (χ3v) is 6.35. The van der Waals surface area contributed by atoms with Gasteiger partial charge < -0.3 is 26.5 Å². The van der Waals surface area contributed by atoms with E-state index in [-0.39, 0.29) is 40.0 Å². The Morgan fingerprint density at radius 1 is 0.617 bits per heavy atom. The van der Waals surface area contributed by atoms with Crippen LogP contribution in [0, 0.1) is 6.07 Å². The summed E-state index contributed by atoms with van der Waals surface area (Å²) in [5, 5.41) is 2.24. The van der Waals surface area contributed by atoms with Crippen LogP contribution in [0.2, 0.25) is 15.1 Å². The smallest absolute Gasteiger partial charge is 1.00 e. The maximum absolute atomic E-state index is 5.87. The molecule has 0 unspecified atom stereocenters. The fourth-order valence-electron chi connectivity index (χ4n) is 2.76. The van der Waals surface area contributed by atoms with Gasteiger partial charge >= 0.3 is 23.1 Å². The molecule has 4 nitrogen and oxygen atoms in total. The molecule has 5 aromatic rings. The molecule has 0 saturated carbocycles. The average molecular weight is 903 g/mol. The van der Waals surface area contributed by atoms with Crippen LogP contribution in [0.5, 0.6) is 0 Å². The van der Waals surface area contributed by atoms with Crippen LogP contribution >= 0.6 is 66.7 Å². The summed E-state index contributed by atoms with van der Waals surface area (Å²) in [5.41, 5.74) is 2.00. The monoisotopic (exact) mass is 898 g/mol. The van der Waals surface area contributed by atoms with Crippen molar-refractivity contribution in [2.24, 2.45) is 0 Å². The van der Waals surface area contributed by atoms with E-state index in [9.17, 15) is 0 Å². The summed E-state index contributed by atoms with van der Waals surface area (Å²) < 4.78 is 11.6. The first-order valence-corrected chi connectivity index (χ1v) is 16.9. The number of halogens is 6. The van der Waals surface area contributed by atoms with Gasteiger partial charge in [0.1, 0.15) is 4.60 Å². The molecule has 250 valence electrons. The molecule has 0 radical (unpaired) electrons. The van der Waals surface area contributed by atoms with Gasteiger partial charge in [0.15, 0.2) is 0 Å². The quantitative estimate of drug-likeness (QED) is 0.100. The minimum absolute atomic E-state index is 0. The van der Waals surface area contributed by atoms with Crippen molar-refractivity contribution in [2.45, 2.75) is 27.7 Å². The standard InChI is InChI=1S/C11H8ClN.C6H4BrCl.C6H4Cl.C5H4BrN.2C4H10O.BrH.Mg/c12-10-5-3-4-9(8-10)11-6-1-2-7-13-11;7-5-2-1-3-6(8)4-5;7-6-4-2-1-3-5-6;6-5-3-1-2-4-7-5;2*1-3-5-4-2;;/h1-8H;1-4H;1-2,4-5H;1-4H;2*3-4H2,1-2H3;1H;/q;;-1;;;;;+2/p-1. The molecule has 2 aromatic heterocycles. The molecule has 0 aliphatic heterocycles. The Morgan fingerprint density at radius 3 is 1.45 bits per heavy atom. The van der Waals surface area contributed by atoms with E-state index in [1.165, 1.54) is 0 Å². The van der Waals surface area contributed by atoms with Crippen molar-refractivity contribution in [1.29, 1.82) is 0 Å². The number of nitrogens with zero attached hydrogens (tertiary/aromatic N) is 2. The van der Waals surface area contributed by atoms with E-state index in [0.29, 0.717) is 0 Å². The van der Waals surface area contributed by atoms with Crippen molar-refractivity contribution in [3.8, 4) is 11.3 Å². The predicted octanol–water partition coefficient (Wildman–Crippen LogP) is 9.20. The van der Waals surface area contributed by atoms with Crippen LogP contribution in [0.4, 0.5) is 0 Å². The Bertz CT molecular complexity index is 1300. The van der Waals surface area contributed by atoms with Gasteiger partial charge in [-0.05, 0) is 98.2 Å². The van der Waals surface area contributed by atoms with Crippen molar-refractivity contribution in [1.82, 2.24) is 9.97 Å². The molecule has 0 amide bonds. The Labute approximate surface area is 340 Å². The van der Waals surface area contributed by atoms with E-state index >= 15 is 0 Å². The van der Waals surface area contributed by atoms with Gasteiger partial charge in [0.2, 0.25) is 0 Å². The summed E-state index contributed by atoms with van der Waals surface area (Å²) >= 11 is 23.5. The summed E-state index contributed by atoms with van der Waals surface area (Å²) in [4.78, 5) is 8.13. The summed E-state index contributed by atoms with van der Waals surface area (Å²) in [6.07, 6.45) is 3.51. The summed E-state index contributed by atoms with van der Waals surface area (Å²) in [5.74, 6) is 0. The topological polar surface area (TPSA) is 44.2 Å². The average Bonchev–Trinajstić information content (AvgIpc) is 3.05. The van der Waals surface area contributed by atoms with Gasteiger partial charge in [-0.1, -0.05) is 74.5 Å². The fraction of sp³-hybridized carbons (Fsp3) is 0.222. The number of aromatic nitrogens is 2. The van der Waals surface area contributed by atoms with Crippen LogP contribution in [-0.4, -0.2) is 59.4 Å². The molecule has 0 saturated heterocycles. The molecule has 3 aromatic carbocycles. The van der Waals surface area contributed by atoms with Crippen molar-refractivity contribution in [3.05, 3.63) is 152 Å². The molecule has 0 bridgehead atoms. The summed E-state index contributed by atoms with van der Waals surface area (Å²) in [6, 6.07) is 36.7. The second-order valence-electron chi connectivity index (χ2n) is 8.10.